The van der Waals surface area contributed by atoms with E-state index in [0.29, 0.717) is 53.9 Å². The molecule has 3 aromatic rings. The first-order valence-corrected chi connectivity index (χ1v) is 14.7. The topological polar surface area (TPSA) is 98.8 Å². The molecule has 2 N–H and O–H groups in total. The maximum Gasteiger partial charge on any atom is 0.251 e. The van der Waals surface area contributed by atoms with Crippen LogP contribution in [-0.4, -0.2) is 63.6 Å². The van der Waals surface area contributed by atoms with Crippen molar-refractivity contribution in [3.8, 4) is 0 Å². The summed E-state index contributed by atoms with van der Waals surface area (Å²) in [5.74, 6) is -0.558. The monoisotopic (exact) mass is 574 g/mol. The summed E-state index contributed by atoms with van der Waals surface area (Å²) < 4.78 is 26.1. The number of carbonyl (C=O) groups excluding carboxylic acids is 2. The van der Waals surface area contributed by atoms with Crippen LogP contribution in [0.3, 0.4) is 0 Å². The Morgan fingerprint density at radius 2 is 1.45 bits per heavy atom. The van der Waals surface area contributed by atoms with Gasteiger partial charge in [0.2, 0.25) is 15.9 Å². The van der Waals surface area contributed by atoms with Gasteiger partial charge in [0.25, 0.3) is 5.91 Å². The van der Waals surface area contributed by atoms with Gasteiger partial charge in [-0.1, -0.05) is 47.5 Å². The summed E-state index contributed by atoms with van der Waals surface area (Å²) >= 11 is 12.0. The number of para-hydroxylation sites is 2. The summed E-state index contributed by atoms with van der Waals surface area (Å²) in [5.41, 5.74) is 2.51. The van der Waals surface area contributed by atoms with Crippen LogP contribution >= 0.6 is 23.2 Å². The van der Waals surface area contributed by atoms with E-state index in [4.69, 9.17) is 23.2 Å². The highest BCUT2D eigenvalue weighted by Gasteiger charge is 2.30. The summed E-state index contributed by atoms with van der Waals surface area (Å²) in [7, 11) is -3.44. The second kappa shape index (κ2) is 12.1. The van der Waals surface area contributed by atoms with Crippen LogP contribution in [0.15, 0.2) is 72.8 Å². The van der Waals surface area contributed by atoms with E-state index in [1.165, 1.54) is 0 Å². The molecule has 1 fully saturated rings. The first-order valence-electron chi connectivity index (χ1n) is 12.0. The maximum absolute atomic E-state index is 13.6. The Hall–Kier alpha value is -3.27. The zero-order valence-corrected chi connectivity index (χ0v) is 23.1. The van der Waals surface area contributed by atoms with Crippen molar-refractivity contribution in [2.75, 3.05) is 42.1 Å². The molecule has 2 amide bonds. The number of anilines is 2. The van der Waals surface area contributed by atoms with Crippen LogP contribution in [0.1, 0.15) is 15.9 Å². The number of halogens is 2. The summed E-state index contributed by atoms with van der Waals surface area (Å²) in [6.45, 7) is 1.85. The third-order valence-electron chi connectivity index (χ3n) is 6.19. The zero-order valence-electron chi connectivity index (χ0n) is 20.7. The average molecular weight is 576 g/mol. The Morgan fingerprint density at radius 3 is 2.05 bits per heavy atom. The van der Waals surface area contributed by atoms with Crippen LogP contribution in [-0.2, 0) is 21.2 Å². The number of piperazine rings is 1. The van der Waals surface area contributed by atoms with Gasteiger partial charge in [0.05, 0.1) is 17.6 Å². The second-order valence-electron chi connectivity index (χ2n) is 9.07. The molecule has 38 heavy (non-hydrogen) atoms. The normalized spacial score (nSPS) is 14.6. The standard InChI is InChI=1S/C27H28Cl2N4O4S/c1-38(36,37)31-23-4-2-3-5-25(23)32-14-16-33(17-15-32)27(35)24(18-19-6-10-21(28)11-7-19)30-26(34)20-8-12-22(29)13-9-20/h2-13,24,31H,14-18H2,1H3,(H,30,34)/t24-/m1/s1. The highest BCUT2D eigenvalue weighted by atomic mass is 35.5. The predicted molar refractivity (Wildman–Crippen MR) is 152 cm³/mol. The Bertz CT molecular complexity index is 1390. The Kier molecular flexibility index (Phi) is 8.81. The maximum atomic E-state index is 13.6. The SMILES string of the molecule is CS(=O)(=O)Nc1ccccc1N1CCN(C(=O)[C@@H](Cc2ccc(Cl)cc2)NC(=O)c2ccc(Cl)cc2)CC1. The number of hydrogen-bond donors (Lipinski definition) is 2. The first-order chi connectivity index (χ1) is 18.1. The number of rotatable bonds is 8. The first kappa shape index (κ1) is 27.8. The number of benzene rings is 3. The molecule has 0 aromatic heterocycles. The van der Waals surface area contributed by atoms with E-state index in [1.807, 2.05) is 29.2 Å². The van der Waals surface area contributed by atoms with Gasteiger partial charge in [-0.25, -0.2) is 8.42 Å². The average Bonchev–Trinajstić information content (AvgIpc) is 2.89. The molecule has 0 bridgehead atoms. The van der Waals surface area contributed by atoms with Gasteiger partial charge in [-0.05, 0) is 54.1 Å². The number of sulfonamides is 1. The van der Waals surface area contributed by atoms with Gasteiger partial charge in [-0.2, -0.15) is 0 Å². The van der Waals surface area contributed by atoms with Gasteiger partial charge in [0.1, 0.15) is 6.04 Å². The van der Waals surface area contributed by atoms with Crippen LogP contribution in [0, 0.1) is 0 Å². The molecule has 11 heteroatoms. The molecular formula is C27H28Cl2N4O4S. The molecule has 0 radical (unpaired) electrons. The Morgan fingerprint density at radius 1 is 0.868 bits per heavy atom. The highest BCUT2D eigenvalue weighted by molar-refractivity contribution is 7.92. The molecule has 1 aliphatic rings. The molecule has 4 rings (SSSR count). The number of nitrogens with zero attached hydrogens (tertiary/aromatic N) is 2. The van der Waals surface area contributed by atoms with E-state index >= 15 is 0 Å². The molecule has 1 heterocycles. The molecule has 1 aliphatic heterocycles. The molecule has 0 aliphatic carbocycles. The van der Waals surface area contributed by atoms with Crippen LogP contribution in [0.2, 0.25) is 10.0 Å². The second-order valence-corrected chi connectivity index (χ2v) is 11.7. The van der Waals surface area contributed by atoms with Crippen molar-refractivity contribution in [1.82, 2.24) is 10.2 Å². The van der Waals surface area contributed by atoms with Crippen molar-refractivity contribution in [3.05, 3.63) is 94.0 Å². The minimum atomic E-state index is -3.44. The molecule has 200 valence electrons. The van der Waals surface area contributed by atoms with E-state index in [1.54, 1.807) is 53.4 Å². The van der Waals surface area contributed by atoms with Gasteiger partial charge in [0, 0.05) is 48.2 Å². The molecular weight excluding hydrogens is 547 g/mol. The Balaban J connectivity index is 1.48. The lowest BCUT2D eigenvalue weighted by Crippen LogP contribution is -2.55. The number of amides is 2. The minimum Gasteiger partial charge on any atom is -0.366 e. The molecule has 0 saturated carbocycles. The van der Waals surface area contributed by atoms with Gasteiger partial charge in [0.15, 0.2) is 0 Å². The van der Waals surface area contributed by atoms with Crippen molar-refractivity contribution >= 4 is 56.4 Å². The van der Waals surface area contributed by atoms with Gasteiger partial charge in [-0.3, -0.25) is 14.3 Å². The third-order valence-corrected chi connectivity index (χ3v) is 7.29. The number of carbonyl (C=O) groups is 2. The molecule has 0 spiro atoms. The zero-order chi connectivity index (χ0) is 27.3. The van der Waals surface area contributed by atoms with Crippen LogP contribution in [0.5, 0.6) is 0 Å². The minimum absolute atomic E-state index is 0.190. The predicted octanol–water partition coefficient (Wildman–Crippen LogP) is 4.05. The van der Waals surface area contributed by atoms with Gasteiger partial charge >= 0.3 is 0 Å². The molecule has 0 unspecified atom stereocenters. The van der Waals surface area contributed by atoms with Gasteiger partial charge < -0.3 is 15.1 Å². The third kappa shape index (κ3) is 7.40. The largest absolute Gasteiger partial charge is 0.366 e. The van der Waals surface area contributed by atoms with Crippen molar-refractivity contribution in [3.63, 3.8) is 0 Å². The van der Waals surface area contributed by atoms with Crippen LogP contribution < -0.4 is 14.9 Å². The number of nitrogens with one attached hydrogen (secondary N) is 2. The molecule has 8 nitrogen and oxygen atoms in total. The molecule has 1 atom stereocenters. The Labute approximate surface area is 232 Å². The van der Waals surface area contributed by atoms with Crippen molar-refractivity contribution < 1.29 is 18.0 Å². The summed E-state index contributed by atoms with van der Waals surface area (Å²) in [6.07, 6.45) is 1.41. The fourth-order valence-corrected chi connectivity index (χ4v) is 5.15. The van der Waals surface area contributed by atoms with Gasteiger partial charge in [-0.15, -0.1) is 0 Å². The van der Waals surface area contributed by atoms with Crippen LogP contribution in [0.25, 0.3) is 0 Å². The summed E-state index contributed by atoms with van der Waals surface area (Å²) in [6, 6.07) is 20.0. The molecule has 3 aromatic carbocycles. The quantitative estimate of drug-likeness (QED) is 0.423. The number of hydrogen-bond acceptors (Lipinski definition) is 5. The van der Waals surface area contributed by atoms with Crippen molar-refractivity contribution in [2.45, 2.75) is 12.5 Å². The summed E-state index contributed by atoms with van der Waals surface area (Å²) in [4.78, 5) is 30.4. The fourth-order valence-electron chi connectivity index (χ4n) is 4.32. The van der Waals surface area contributed by atoms with Crippen LogP contribution in [0.4, 0.5) is 11.4 Å². The van der Waals surface area contributed by atoms with Crippen molar-refractivity contribution in [1.29, 1.82) is 0 Å². The highest BCUT2D eigenvalue weighted by Crippen LogP contribution is 2.27. The molecule has 1 saturated heterocycles. The fraction of sp³-hybridized carbons (Fsp3) is 0.259. The smallest absolute Gasteiger partial charge is 0.251 e. The van der Waals surface area contributed by atoms with E-state index < -0.39 is 16.1 Å². The van der Waals surface area contributed by atoms with E-state index in [0.717, 1.165) is 17.5 Å². The van der Waals surface area contributed by atoms with E-state index in [-0.39, 0.29) is 11.8 Å². The van der Waals surface area contributed by atoms with Crippen molar-refractivity contribution in [2.24, 2.45) is 0 Å². The van der Waals surface area contributed by atoms with E-state index in [2.05, 4.69) is 10.0 Å². The lowest BCUT2D eigenvalue weighted by molar-refractivity contribution is -0.133. The lowest BCUT2D eigenvalue weighted by atomic mass is 10.0. The lowest BCUT2D eigenvalue weighted by Gasteiger charge is -2.38. The van der Waals surface area contributed by atoms with E-state index in [9.17, 15) is 18.0 Å². The summed E-state index contributed by atoms with van der Waals surface area (Å²) in [5, 5.41) is 4.00.